The number of hydrogen-bond acceptors (Lipinski definition) is 5. The Bertz CT molecular complexity index is 1460. The van der Waals surface area contributed by atoms with E-state index in [0.717, 1.165) is 0 Å². The van der Waals surface area contributed by atoms with Gasteiger partial charge in [-0.2, -0.15) is 13.5 Å². The highest BCUT2D eigenvalue weighted by Crippen LogP contribution is 2.35. The fourth-order valence-electron chi connectivity index (χ4n) is 4.40. The molecule has 210 valence electrons. The Labute approximate surface area is 240 Å². The first kappa shape index (κ1) is 29.6. The van der Waals surface area contributed by atoms with Crippen molar-refractivity contribution in [2.45, 2.75) is 51.0 Å². The fraction of sp³-hybridized carbons (Fsp3) is 0.385. The summed E-state index contributed by atoms with van der Waals surface area (Å²) >= 11 is 18.3. The molecular weight excluding hydrogens is 594 g/mol. The largest absolute Gasteiger partial charge is 0.382 e. The van der Waals surface area contributed by atoms with Crippen molar-refractivity contribution in [1.29, 1.82) is 0 Å². The van der Waals surface area contributed by atoms with Gasteiger partial charge in [-0.3, -0.25) is 4.39 Å². The van der Waals surface area contributed by atoms with Crippen LogP contribution in [0.2, 0.25) is 10.0 Å². The van der Waals surface area contributed by atoms with Gasteiger partial charge < -0.3 is 9.50 Å². The molecule has 13 heteroatoms. The van der Waals surface area contributed by atoms with Gasteiger partial charge in [0.05, 0.1) is 28.8 Å². The first-order chi connectivity index (χ1) is 18.4. The Morgan fingerprint density at radius 3 is 2.46 bits per heavy atom. The van der Waals surface area contributed by atoms with Crippen molar-refractivity contribution >= 4 is 50.5 Å². The second kappa shape index (κ2) is 12.0. The van der Waals surface area contributed by atoms with Crippen molar-refractivity contribution in [2.75, 3.05) is 12.4 Å². The second-order valence-corrected chi connectivity index (χ2v) is 12.3. The first-order valence-corrected chi connectivity index (χ1v) is 15.0. The molecule has 0 spiro atoms. The minimum atomic E-state index is -3.93. The number of halogens is 5. The lowest BCUT2D eigenvalue weighted by Crippen LogP contribution is -2.40. The number of nitrogens with zero attached hydrogens (tertiary/aromatic N) is 2. The molecule has 1 aliphatic carbocycles. The highest BCUT2D eigenvalue weighted by atomic mass is 35.5. The zero-order chi connectivity index (χ0) is 28.4. The molecule has 6 nitrogen and oxygen atoms in total. The van der Waals surface area contributed by atoms with Crippen molar-refractivity contribution in [3.8, 4) is 22.7 Å². The zero-order valence-electron chi connectivity index (χ0n) is 20.9. The number of alkyl halides is 3. The molecule has 1 aliphatic rings. The van der Waals surface area contributed by atoms with E-state index in [1.54, 1.807) is 35.0 Å². The highest BCUT2D eigenvalue weighted by molar-refractivity contribution is 7.87. The third-order valence-corrected chi connectivity index (χ3v) is 8.49. The Balaban J connectivity index is 1.69. The van der Waals surface area contributed by atoms with E-state index < -0.39 is 28.5 Å². The maximum absolute atomic E-state index is 13.6. The average Bonchev–Trinajstić information content (AvgIpc) is 3.21. The maximum Gasteiger partial charge on any atom is 0.309 e. The topological polar surface area (TPSA) is 73.2 Å². The van der Waals surface area contributed by atoms with Gasteiger partial charge in [0.2, 0.25) is 5.92 Å². The van der Waals surface area contributed by atoms with Crippen molar-refractivity contribution in [2.24, 2.45) is 0 Å². The van der Waals surface area contributed by atoms with E-state index >= 15 is 0 Å². The van der Waals surface area contributed by atoms with Gasteiger partial charge >= 0.3 is 10.1 Å². The normalized spacial score (nSPS) is 15.7. The molecule has 39 heavy (non-hydrogen) atoms. The van der Waals surface area contributed by atoms with Crippen LogP contribution >= 0.6 is 35.4 Å². The van der Waals surface area contributed by atoms with E-state index in [1.165, 1.54) is 12.1 Å². The lowest BCUT2D eigenvalue weighted by Gasteiger charge is -2.29. The summed E-state index contributed by atoms with van der Waals surface area (Å²) in [7, 11) is -3.93. The Morgan fingerprint density at radius 2 is 1.85 bits per heavy atom. The van der Waals surface area contributed by atoms with Crippen LogP contribution in [0.3, 0.4) is 0 Å². The van der Waals surface area contributed by atoms with Crippen molar-refractivity contribution < 1.29 is 25.8 Å². The van der Waals surface area contributed by atoms with E-state index in [1.807, 2.05) is 6.92 Å². The van der Waals surface area contributed by atoms with Crippen LogP contribution in [0, 0.1) is 6.92 Å². The van der Waals surface area contributed by atoms with Crippen LogP contribution < -0.4 is 9.50 Å². The number of nitrogens with one attached hydrogen (secondary N) is 1. The van der Waals surface area contributed by atoms with Crippen LogP contribution in [-0.2, 0) is 10.1 Å². The first-order valence-electron chi connectivity index (χ1n) is 12.2. The molecule has 0 saturated heterocycles. The summed E-state index contributed by atoms with van der Waals surface area (Å²) in [6.45, 7) is 1.07. The third-order valence-electron chi connectivity index (χ3n) is 6.41. The average molecular weight is 621 g/mol. The van der Waals surface area contributed by atoms with Gasteiger partial charge in [-0.05, 0) is 68.7 Å². The van der Waals surface area contributed by atoms with Crippen molar-refractivity contribution in [3.63, 3.8) is 0 Å². The molecule has 0 aliphatic heterocycles. The van der Waals surface area contributed by atoms with E-state index in [2.05, 4.69) is 5.32 Å². The van der Waals surface area contributed by atoms with Gasteiger partial charge in [0.25, 0.3) is 0 Å². The van der Waals surface area contributed by atoms with Crippen LogP contribution in [0.25, 0.3) is 16.9 Å². The molecule has 1 aromatic heterocycles. The van der Waals surface area contributed by atoms with Crippen LogP contribution in [0.1, 0.15) is 43.4 Å². The number of rotatable bonds is 9. The molecule has 0 amide bonds. The van der Waals surface area contributed by atoms with Gasteiger partial charge in [-0.25, -0.2) is 13.5 Å². The third kappa shape index (κ3) is 7.25. The Hall–Kier alpha value is -2.34. The fourth-order valence-corrected chi connectivity index (χ4v) is 6.20. The van der Waals surface area contributed by atoms with Crippen LogP contribution in [0.5, 0.6) is 5.75 Å². The molecule has 0 radical (unpaired) electrons. The summed E-state index contributed by atoms with van der Waals surface area (Å²) < 4.78 is 70.4. The number of thiocarbonyl (C=S) groups is 1. The smallest absolute Gasteiger partial charge is 0.309 e. The molecule has 1 saturated carbocycles. The maximum atomic E-state index is 13.6. The van der Waals surface area contributed by atoms with Crippen molar-refractivity contribution in [1.82, 2.24) is 15.1 Å². The van der Waals surface area contributed by atoms with E-state index in [4.69, 9.17) is 44.7 Å². The summed E-state index contributed by atoms with van der Waals surface area (Å²) in [5.41, 5.74) is 2.97. The summed E-state index contributed by atoms with van der Waals surface area (Å²) in [5.74, 6) is -3.01. The molecule has 2 aromatic carbocycles. The predicted octanol–water partition coefficient (Wildman–Crippen LogP) is 7.07. The quantitative estimate of drug-likeness (QED) is 0.204. The summed E-state index contributed by atoms with van der Waals surface area (Å²) in [5, 5.41) is 8.70. The SMILES string of the molecule is Cc1c(C(=S)NC2CCC(F)(F)CC2)nn(-c2ccc(Cl)cc2Cl)c1-c1ccc(OS(=O)(=O)CCCF)cc1. The monoisotopic (exact) mass is 619 g/mol. The molecule has 0 atom stereocenters. The summed E-state index contributed by atoms with van der Waals surface area (Å²) in [6.07, 6.45) is 0.0199. The van der Waals surface area contributed by atoms with Gasteiger partial charge in [0.1, 0.15) is 16.4 Å². The van der Waals surface area contributed by atoms with Crippen LogP contribution in [0.15, 0.2) is 42.5 Å². The van der Waals surface area contributed by atoms with Crippen LogP contribution in [0.4, 0.5) is 13.2 Å². The summed E-state index contributed by atoms with van der Waals surface area (Å²) in [6, 6.07) is 11.1. The highest BCUT2D eigenvalue weighted by Gasteiger charge is 2.35. The van der Waals surface area contributed by atoms with Gasteiger partial charge in [-0.1, -0.05) is 35.4 Å². The standard InChI is InChI=1S/C26H26Cl2F3N3O3S2/c1-16-23(25(38)32-19-9-11-26(30,31)12-10-19)33-34(22-8-5-18(27)15-21(22)28)24(16)17-3-6-20(7-4-17)37-39(35,36)14-2-13-29/h3-8,15,19H,2,9-14H2,1H3,(H,32,38). The molecule has 1 heterocycles. The van der Waals surface area contributed by atoms with Gasteiger partial charge in [0.15, 0.2) is 0 Å². The lowest BCUT2D eigenvalue weighted by atomic mass is 9.92. The molecule has 3 aromatic rings. The minimum Gasteiger partial charge on any atom is -0.382 e. The summed E-state index contributed by atoms with van der Waals surface area (Å²) in [4.78, 5) is 0.326. The predicted molar refractivity (Wildman–Crippen MR) is 151 cm³/mol. The van der Waals surface area contributed by atoms with E-state index in [9.17, 15) is 21.6 Å². The molecule has 1 fully saturated rings. The van der Waals surface area contributed by atoms with E-state index in [-0.39, 0.29) is 31.1 Å². The second-order valence-electron chi connectivity index (χ2n) is 9.35. The van der Waals surface area contributed by atoms with Gasteiger partial charge in [-0.15, -0.1) is 0 Å². The Morgan fingerprint density at radius 1 is 1.18 bits per heavy atom. The number of aromatic nitrogens is 2. The lowest BCUT2D eigenvalue weighted by molar-refractivity contribution is -0.0389. The molecular formula is C26H26Cl2F3N3O3S2. The Kier molecular flexibility index (Phi) is 9.15. The minimum absolute atomic E-state index is 0.0809. The van der Waals surface area contributed by atoms with E-state index in [0.29, 0.717) is 56.1 Å². The number of benzene rings is 2. The number of hydrogen-bond donors (Lipinski definition) is 1. The van der Waals surface area contributed by atoms with Gasteiger partial charge in [0, 0.05) is 35.0 Å². The zero-order valence-corrected chi connectivity index (χ0v) is 24.0. The molecule has 1 N–H and O–H groups in total. The van der Waals surface area contributed by atoms with Crippen LogP contribution in [-0.4, -0.2) is 47.6 Å². The molecule has 0 unspecified atom stereocenters. The van der Waals surface area contributed by atoms with Crippen molar-refractivity contribution in [3.05, 3.63) is 63.8 Å². The molecule has 0 bridgehead atoms. The molecule has 4 rings (SSSR count).